The van der Waals surface area contributed by atoms with Gasteiger partial charge in [-0.15, -0.1) is 4.98 Å². The first-order valence-electron chi connectivity index (χ1n) is 6.12. The summed E-state index contributed by atoms with van der Waals surface area (Å²) in [5, 5.41) is 0. The van der Waals surface area contributed by atoms with Crippen molar-refractivity contribution in [1.82, 2.24) is 15.0 Å². The highest BCUT2D eigenvalue weighted by Gasteiger charge is 2.12. The molecular weight excluding hydrogens is 276 g/mol. The predicted molar refractivity (Wildman–Crippen MR) is 75.6 cm³/mol. The summed E-state index contributed by atoms with van der Waals surface area (Å²) < 4.78 is 5.02. The lowest BCUT2D eigenvalue weighted by Gasteiger charge is -2.17. The number of nitrogens with zero attached hydrogens (tertiary/aromatic N) is 2. The van der Waals surface area contributed by atoms with Crippen LogP contribution in [0.3, 0.4) is 0 Å². The molecule has 0 fully saturated rings. The van der Waals surface area contributed by atoms with Crippen LogP contribution in [-0.2, 0) is 4.79 Å². The van der Waals surface area contributed by atoms with Gasteiger partial charge in [-0.3, -0.25) is 14.8 Å². The van der Waals surface area contributed by atoms with E-state index in [0.29, 0.717) is 5.69 Å². The molecule has 1 heterocycles. The van der Waals surface area contributed by atoms with Crippen molar-refractivity contribution < 1.29 is 9.53 Å². The SMILES string of the molecule is Cc1ccc(N(C)C(=O)COc2nc(=O)[nH]c(=O)[nH]2)cc1. The van der Waals surface area contributed by atoms with Gasteiger partial charge in [-0.25, -0.2) is 9.59 Å². The Bertz CT molecular complexity index is 720. The Labute approximate surface area is 119 Å². The third-order valence-electron chi connectivity index (χ3n) is 2.77. The molecule has 0 bridgehead atoms. The molecule has 0 saturated carbocycles. The molecule has 0 radical (unpaired) electrons. The highest BCUT2D eigenvalue weighted by atomic mass is 16.5. The van der Waals surface area contributed by atoms with Gasteiger partial charge in [0, 0.05) is 12.7 Å². The van der Waals surface area contributed by atoms with E-state index in [1.165, 1.54) is 4.90 Å². The minimum atomic E-state index is -0.840. The third kappa shape index (κ3) is 3.78. The highest BCUT2D eigenvalue weighted by Crippen LogP contribution is 2.13. The molecule has 0 atom stereocenters. The van der Waals surface area contributed by atoms with E-state index in [1.54, 1.807) is 19.2 Å². The number of carbonyl (C=O) groups is 1. The van der Waals surface area contributed by atoms with Crippen LogP contribution in [0.2, 0.25) is 0 Å². The number of ether oxygens (including phenoxy) is 1. The summed E-state index contributed by atoms with van der Waals surface area (Å²) in [6.45, 7) is 1.60. The maximum Gasteiger partial charge on any atom is 0.353 e. The average molecular weight is 290 g/mol. The highest BCUT2D eigenvalue weighted by molar-refractivity contribution is 5.93. The van der Waals surface area contributed by atoms with Crippen LogP contribution in [-0.4, -0.2) is 34.5 Å². The van der Waals surface area contributed by atoms with Crippen molar-refractivity contribution in [3.05, 3.63) is 50.8 Å². The van der Waals surface area contributed by atoms with E-state index in [0.717, 1.165) is 5.56 Å². The standard InChI is InChI=1S/C13H14N4O4/c1-8-3-5-9(6-4-8)17(2)10(18)7-21-13-15-11(19)14-12(20)16-13/h3-6H,7H2,1-2H3,(H2,14,15,16,19,20). The molecule has 2 N–H and O–H groups in total. The summed E-state index contributed by atoms with van der Waals surface area (Å²) in [5.41, 5.74) is 0.208. The number of aryl methyl sites for hydroxylation is 1. The van der Waals surface area contributed by atoms with Crippen molar-refractivity contribution in [2.24, 2.45) is 0 Å². The van der Waals surface area contributed by atoms with Crippen molar-refractivity contribution in [2.45, 2.75) is 6.92 Å². The maximum atomic E-state index is 12.0. The van der Waals surface area contributed by atoms with Crippen LogP contribution >= 0.6 is 0 Å². The van der Waals surface area contributed by atoms with E-state index < -0.39 is 11.4 Å². The topological polar surface area (TPSA) is 108 Å². The molecule has 0 spiro atoms. The minimum Gasteiger partial charge on any atom is -0.454 e. The number of hydrogen-bond acceptors (Lipinski definition) is 5. The number of H-pyrrole nitrogens is 2. The number of benzene rings is 1. The fourth-order valence-corrected chi connectivity index (χ4v) is 1.58. The predicted octanol–water partition coefficient (Wildman–Crippen LogP) is -0.192. The zero-order valence-electron chi connectivity index (χ0n) is 11.5. The normalized spacial score (nSPS) is 10.2. The Morgan fingerprint density at radius 1 is 1.24 bits per heavy atom. The molecular formula is C13H14N4O4. The number of aromatic nitrogens is 3. The smallest absolute Gasteiger partial charge is 0.353 e. The molecule has 0 unspecified atom stereocenters. The Morgan fingerprint density at radius 3 is 2.52 bits per heavy atom. The van der Waals surface area contributed by atoms with Crippen molar-refractivity contribution in [3.63, 3.8) is 0 Å². The van der Waals surface area contributed by atoms with E-state index in [-0.39, 0.29) is 18.5 Å². The van der Waals surface area contributed by atoms with Crippen LogP contribution in [0.25, 0.3) is 0 Å². The van der Waals surface area contributed by atoms with Gasteiger partial charge >= 0.3 is 17.4 Å². The lowest BCUT2D eigenvalue weighted by molar-refractivity contribution is -0.120. The van der Waals surface area contributed by atoms with E-state index in [1.807, 2.05) is 24.0 Å². The van der Waals surface area contributed by atoms with Crippen LogP contribution in [0.4, 0.5) is 5.69 Å². The molecule has 1 amide bonds. The van der Waals surface area contributed by atoms with Crippen LogP contribution in [0.1, 0.15) is 5.56 Å². The van der Waals surface area contributed by atoms with Gasteiger partial charge in [0.05, 0.1) is 0 Å². The van der Waals surface area contributed by atoms with Crippen LogP contribution < -0.4 is 21.0 Å². The van der Waals surface area contributed by atoms with Gasteiger partial charge in [0.1, 0.15) is 0 Å². The van der Waals surface area contributed by atoms with Gasteiger partial charge in [0.25, 0.3) is 5.91 Å². The molecule has 110 valence electrons. The molecule has 21 heavy (non-hydrogen) atoms. The Hall–Kier alpha value is -2.90. The number of rotatable bonds is 4. The first-order valence-corrected chi connectivity index (χ1v) is 6.12. The van der Waals surface area contributed by atoms with Crippen LogP contribution in [0, 0.1) is 6.92 Å². The summed E-state index contributed by atoms with van der Waals surface area (Å²) in [6, 6.07) is 7.08. The minimum absolute atomic E-state index is 0.297. The van der Waals surface area contributed by atoms with Gasteiger partial charge in [-0.2, -0.15) is 0 Å². The summed E-state index contributed by atoms with van der Waals surface area (Å²) in [4.78, 5) is 42.8. The first-order chi connectivity index (χ1) is 9.95. The summed E-state index contributed by atoms with van der Waals surface area (Å²) >= 11 is 0. The lowest BCUT2D eigenvalue weighted by Crippen LogP contribution is -2.33. The van der Waals surface area contributed by atoms with E-state index >= 15 is 0 Å². The average Bonchev–Trinajstić information content (AvgIpc) is 2.44. The van der Waals surface area contributed by atoms with Crippen molar-refractivity contribution in [2.75, 3.05) is 18.6 Å². The summed E-state index contributed by atoms with van der Waals surface area (Å²) in [6.07, 6.45) is 0. The molecule has 8 heteroatoms. The molecule has 0 aliphatic carbocycles. The number of aromatic amines is 2. The van der Waals surface area contributed by atoms with Crippen molar-refractivity contribution >= 4 is 11.6 Å². The number of hydrogen-bond donors (Lipinski definition) is 2. The van der Waals surface area contributed by atoms with Gasteiger partial charge in [-0.1, -0.05) is 17.7 Å². The number of carbonyl (C=O) groups excluding carboxylic acids is 1. The van der Waals surface area contributed by atoms with Gasteiger partial charge in [-0.05, 0) is 19.1 Å². The number of likely N-dealkylation sites (N-methyl/N-ethyl adjacent to an activating group) is 1. The second kappa shape index (κ2) is 6.04. The van der Waals surface area contributed by atoms with Gasteiger partial charge in [0.2, 0.25) is 0 Å². The molecule has 1 aromatic carbocycles. The van der Waals surface area contributed by atoms with E-state index in [4.69, 9.17) is 4.74 Å². The molecule has 0 saturated heterocycles. The fourth-order valence-electron chi connectivity index (χ4n) is 1.58. The van der Waals surface area contributed by atoms with Crippen LogP contribution in [0.15, 0.2) is 33.9 Å². The lowest BCUT2D eigenvalue weighted by atomic mass is 10.2. The first kappa shape index (κ1) is 14.5. The van der Waals surface area contributed by atoms with E-state index in [2.05, 4.69) is 9.97 Å². The molecule has 1 aromatic heterocycles. The largest absolute Gasteiger partial charge is 0.454 e. The zero-order valence-corrected chi connectivity index (χ0v) is 11.5. The molecule has 2 aromatic rings. The second-order valence-corrected chi connectivity index (χ2v) is 4.38. The van der Waals surface area contributed by atoms with E-state index in [9.17, 15) is 14.4 Å². The molecule has 2 rings (SSSR count). The molecule has 0 aliphatic heterocycles. The number of anilines is 1. The Balaban J connectivity index is 2.02. The fraction of sp³-hybridized carbons (Fsp3) is 0.231. The van der Waals surface area contributed by atoms with Crippen LogP contribution in [0.5, 0.6) is 6.01 Å². The second-order valence-electron chi connectivity index (χ2n) is 4.38. The Morgan fingerprint density at radius 2 is 1.90 bits per heavy atom. The molecule has 0 aliphatic rings. The van der Waals surface area contributed by atoms with Crippen molar-refractivity contribution in [3.8, 4) is 6.01 Å². The quantitative estimate of drug-likeness (QED) is 0.811. The summed E-state index contributed by atoms with van der Waals surface area (Å²) in [5.74, 6) is -0.346. The van der Waals surface area contributed by atoms with Crippen molar-refractivity contribution in [1.29, 1.82) is 0 Å². The van der Waals surface area contributed by atoms with Gasteiger partial charge in [0.15, 0.2) is 6.61 Å². The monoisotopic (exact) mass is 290 g/mol. The number of amides is 1. The molecule has 8 nitrogen and oxygen atoms in total. The summed E-state index contributed by atoms with van der Waals surface area (Å²) in [7, 11) is 1.60. The number of nitrogens with one attached hydrogen (secondary N) is 2. The maximum absolute atomic E-state index is 12.0. The zero-order chi connectivity index (χ0) is 15.4. The van der Waals surface area contributed by atoms with Gasteiger partial charge < -0.3 is 9.64 Å². The third-order valence-corrected chi connectivity index (χ3v) is 2.77. The Kier molecular flexibility index (Phi) is 4.17.